The van der Waals surface area contributed by atoms with Gasteiger partial charge in [0.15, 0.2) is 5.82 Å². The number of halogens is 1. The van der Waals surface area contributed by atoms with Crippen molar-refractivity contribution < 1.29 is 14.0 Å². The number of rotatable bonds is 7. The van der Waals surface area contributed by atoms with Crippen molar-refractivity contribution >= 4 is 35.7 Å². The molecule has 0 atom stereocenters. The van der Waals surface area contributed by atoms with E-state index >= 15 is 0 Å². The summed E-state index contributed by atoms with van der Waals surface area (Å²) < 4.78 is 5.21. The van der Waals surface area contributed by atoms with E-state index < -0.39 is 0 Å². The Kier molecular flexibility index (Phi) is 8.48. The minimum atomic E-state index is -0.271. The lowest BCUT2D eigenvalue weighted by molar-refractivity contribution is 0.0740. The Hall–Kier alpha value is -3.59. The second-order valence-electron chi connectivity index (χ2n) is 8.15. The number of carbonyl (C=O) groups is 2. The molecule has 2 amide bonds. The van der Waals surface area contributed by atoms with Crippen molar-refractivity contribution in [1.29, 1.82) is 0 Å². The maximum Gasteiger partial charge on any atom is 0.272 e. The highest BCUT2D eigenvalue weighted by atomic mass is 35.5. The zero-order chi connectivity index (χ0) is 23.2. The summed E-state index contributed by atoms with van der Waals surface area (Å²) >= 11 is 0. The molecule has 3 aromatic heterocycles. The molecule has 10 heteroatoms. The van der Waals surface area contributed by atoms with Crippen LogP contribution in [0.2, 0.25) is 0 Å². The first-order chi connectivity index (χ1) is 16.0. The molecule has 0 unspecified atom stereocenters. The molecule has 34 heavy (non-hydrogen) atoms. The second kappa shape index (κ2) is 11.5. The number of hydrogen-bond donors (Lipinski definition) is 2. The average Bonchev–Trinajstić information content (AvgIpc) is 3.36. The van der Waals surface area contributed by atoms with Crippen molar-refractivity contribution in [2.45, 2.75) is 26.4 Å². The fraction of sp³-hybridized carbons (Fsp3) is 0.333. The number of hydrogen-bond acceptors (Lipinski definition) is 7. The summed E-state index contributed by atoms with van der Waals surface area (Å²) in [7, 11) is 0. The van der Waals surface area contributed by atoms with Crippen molar-refractivity contribution in [2.75, 3.05) is 36.4 Å². The number of nitrogens with zero attached hydrogens (tertiary/aromatic N) is 4. The first-order valence-corrected chi connectivity index (χ1v) is 11.0. The highest BCUT2D eigenvalue weighted by molar-refractivity contribution is 5.96. The maximum atomic E-state index is 12.9. The minimum Gasteiger partial charge on any atom is -0.467 e. The van der Waals surface area contributed by atoms with Crippen molar-refractivity contribution in [3.05, 3.63) is 72.1 Å². The molecule has 4 rings (SSSR count). The minimum absolute atomic E-state index is 0. The third-order valence-corrected chi connectivity index (χ3v) is 5.35. The van der Waals surface area contributed by atoms with Crippen LogP contribution in [0.3, 0.4) is 0 Å². The Labute approximate surface area is 205 Å². The van der Waals surface area contributed by atoms with Crippen LogP contribution in [0.1, 0.15) is 40.5 Å². The normalized spacial score (nSPS) is 13.4. The molecule has 9 nitrogen and oxygen atoms in total. The van der Waals surface area contributed by atoms with Crippen LogP contribution in [-0.2, 0) is 6.54 Å². The molecule has 2 N–H and O–H groups in total. The summed E-state index contributed by atoms with van der Waals surface area (Å²) in [6.45, 7) is 6.99. The number of piperazine rings is 1. The van der Waals surface area contributed by atoms with Crippen LogP contribution in [0.4, 0.5) is 11.5 Å². The molecule has 0 radical (unpaired) electrons. The van der Waals surface area contributed by atoms with Crippen LogP contribution in [0.5, 0.6) is 0 Å². The summed E-state index contributed by atoms with van der Waals surface area (Å²) in [4.78, 5) is 38.0. The van der Waals surface area contributed by atoms with Gasteiger partial charge in [-0.15, -0.1) is 12.4 Å². The molecule has 1 saturated heterocycles. The van der Waals surface area contributed by atoms with E-state index in [-0.39, 0.29) is 24.2 Å². The van der Waals surface area contributed by atoms with Crippen LogP contribution in [-0.4, -0.2) is 58.9 Å². The molecular weight excluding hydrogens is 456 g/mol. The van der Waals surface area contributed by atoms with Crippen LogP contribution < -0.4 is 15.5 Å². The van der Waals surface area contributed by atoms with E-state index in [4.69, 9.17) is 4.42 Å². The zero-order valence-corrected chi connectivity index (χ0v) is 20.0. The van der Waals surface area contributed by atoms with Crippen LogP contribution in [0.15, 0.2) is 59.5 Å². The summed E-state index contributed by atoms with van der Waals surface area (Å²) in [5.74, 6) is 1.16. The Balaban J connectivity index is 0.00000324. The molecule has 1 aliphatic rings. The third kappa shape index (κ3) is 6.05. The lowest BCUT2D eigenvalue weighted by atomic mass is 10.2. The number of carbonyl (C=O) groups excluding carboxylic acids is 2. The van der Waals surface area contributed by atoms with Gasteiger partial charge in [0.2, 0.25) is 0 Å². The number of nitrogens with one attached hydrogen (secondary N) is 2. The van der Waals surface area contributed by atoms with Gasteiger partial charge in [0.1, 0.15) is 11.5 Å². The number of amides is 2. The summed E-state index contributed by atoms with van der Waals surface area (Å²) in [5, 5.41) is 6.19. The molecule has 0 saturated carbocycles. The first kappa shape index (κ1) is 25.0. The zero-order valence-electron chi connectivity index (χ0n) is 19.2. The largest absolute Gasteiger partial charge is 0.467 e. The molecular formula is C24H29ClN6O3. The lowest BCUT2D eigenvalue weighted by Gasteiger charge is -2.36. The van der Waals surface area contributed by atoms with E-state index in [1.807, 2.05) is 12.1 Å². The lowest BCUT2D eigenvalue weighted by Crippen LogP contribution is -2.49. The van der Waals surface area contributed by atoms with Gasteiger partial charge < -0.3 is 24.9 Å². The van der Waals surface area contributed by atoms with Gasteiger partial charge in [-0.2, -0.15) is 0 Å². The van der Waals surface area contributed by atoms with Crippen LogP contribution >= 0.6 is 12.4 Å². The molecule has 180 valence electrons. The van der Waals surface area contributed by atoms with E-state index in [1.54, 1.807) is 41.6 Å². The van der Waals surface area contributed by atoms with Gasteiger partial charge in [-0.05, 0) is 50.2 Å². The Morgan fingerprint density at radius 1 is 1.06 bits per heavy atom. The van der Waals surface area contributed by atoms with Gasteiger partial charge in [-0.1, -0.05) is 0 Å². The Bertz CT molecular complexity index is 1080. The van der Waals surface area contributed by atoms with E-state index in [1.165, 1.54) is 6.20 Å². The Morgan fingerprint density at radius 3 is 2.50 bits per heavy atom. The molecule has 1 aliphatic heterocycles. The third-order valence-electron chi connectivity index (χ3n) is 5.35. The predicted molar refractivity (Wildman–Crippen MR) is 132 cm³/mol. The molecule has 0 spiro atoms. The van der Waals surface area contributed by atoms with Crippen molar-refractivity contribution in [3.63, 3.8) is 0 Å². The summed E-state index contributed by atoms with van der Waals surface area (Å²) in [5.41, 5.74) is 1.71. The van der Waals surface area contributed by atoms with Gasteiger partial charge in [0.05, 0.1) is 24.1 Å². The SMILES string of the molecule is CC(C)Nc1cccnc1N1CCN(C(=O)c2ccc(C(=O)NCc3ccco3)cn2)CC1.Cl. The summed E-state index contributed by atoms with van der Waals surface area (Å²) in [6.07, 6.45) is 4.77. The van der Waals surface area contributed by atoms with Crippen molar-refractivity contribution in [1.82, 2.24) is 20.2 Å². The highest BCUT2D eigenvalue weighted by Crippen LogP contribution is 2.24. The fourth-order valence-corrected chi connectivity index (χ4v) is 3.69. The quantitative estimate of drug-likeness (QED) is 0.530. The number of furan rings is 1. The molecule has 0 aromatic carbocycles. The van der Waals surface area contributed by atoms with Crippen molar-refractivity contribution in [3.8, 4) is 0 Å². The van der Waals surface area contributed by atoms with E-state index in [2.05, 4.69) is 39.3 Å². The molecule has 0 aliphatic carbocycles. The number of pyridine rings is 2. The average molecular weight is 485 g/mol. The van der Waals surface area contributed by atoms with Crippen LogP contribution in [0.25, 0.3) is 0 Å². The van der Waals surface area contributed by atoms with E-state index in [0.29, 0.717) is 55.8 Å². The van der Waals surface area contributed by atoms with E-state index in [0.717, 1.165) is 11.5 Å². The monoisotopic (exact) mass is 484 g/mol. The molecule has 4 heterocycles. The highest BCUT2D eigenvalue weighted by Gasteiger charge is 2.25. The summed E-state index contributed by atoms with van der Waals surface area (Å²) in [6, 6.07) is 11.0. The smallest absolute Gasteiger partial charge is 0.272 e. The predicted octanol–water partition coefficient (Wildman–Crippen LogP) is 3.20. The van der Waals surface area contributed by atoms with Gasteiger partial charge >= 0.3 is 0 Å². The van der Waals surface area contributed by atoms with Crippen LogP contribution in [0, 0.1) is 0 Å². The molecule has 1 fully saturated rings. The fourth-order valence-electron chi connectivity index (χ4n) is 3.69. The molecule has 3 aromatic rings. The first-order valence-electron chi connectivity index (χ1n) is 11.0. The van der Waals surface area contributed by atoms with Gasteiger partial charge in [0.25, 0.3) is 11.8 Å². The van der Waals surface area contributed by atoms with Gasteiger partial charge in [-0.25, -0.2) is 4.98 Å². The standard InChI is InChI=1S/C24H28N6O3.ClH/c1-17(2)28-20-6-3-9-25-22(20)29-10-12-30(13-11-29)24(32)21-8-7-18(15-26-21)23(31)27-16-19-5-4-14-33-19;/h3-9,14-15,17,28H,10-13,16H2,1-2H3,(H,27,31);1H. The van der Waals surface area contributed by atoms with E-state index in [9.17, 15) is 9.59 Å². The number of aromatic nitrogens is 2. The second-order valence-corrected chi connectivity index (χ2v) is 8.15. The maximum absolute atomic E-state index is 12.9. The number of anilines is 2. The topological polar surface area (TPSA) is 104 Å². The Morgan fingerprint density at radius 2 is 1.85 bits per heavy atom. The van der Waals surface area contributed by atoms with Gasteiger partial charge in [-0.3, -0.25) is 14.6 Å². The molecule has 0 bridgehead atoms. The van der Waals surface area contributed by atoms with Crippen molar-refractivity contribution in [2.24, 2.45) is 0 Å². The van der Waals surface area contributed by atoms with Gasteiger partial charge in [0, 0.05) is 44.6 Å².